The Hall–Kier alpha value is -2.70. The topological polar surface area (TPSA) is 111 Å². The zero-order valence-electron chi connectivity index (χ0n) is 15.1. The van der Waals surface area contributed by atoms with Crippen molar-refractivity contribution in [2.75, 3.05) is 5.32 Å². The van der Waals surface area contributed by atoms with E-state index in [1.54, 1.807) is 13.8 Å². The molecule has 1 amide bonds. The molecule has 0 saturated carbocycles. The number of nitrogens with one attached hydrogen (secondary N) is 1. The molecule has 0 unspecified atom stereocenters. The number of alkyl halides is 3. The number of halogens is 4. The van der Waals surface area contributed by atoms with E-state index < -0.39 is 51.2 Å². The third-order valence-corrected chi connectivity index (χ3v) is 5.52. The van der Waals surface area contributed by atoms with Crippen molar-refractivity contribution >= 4 is 37.4 Å². The van der Waals surface area contributed by atoms with Crippen LogP contribution in [0.4, 0.5) is 23.2 Å². The van der Waals surface area contributed by atoms with Crippen LogP contribution < -0.4 is 5.32 Å². The summed E-state index contributed by atoms with van der Waals surface area (Å²) in [7, 11) is -3.94. The normalized spacial score (nSPS) is 16.6. The second kappa shape index (κ2) is 6.97. The van der Waals surface area contributed by atoms with Gasteiger partial charge in [0.1, 0.15) is 23.5 Å². The summed E-state index contributed by atoms with van der Waals surface area (Å²) < 4.78 is 81.0. The standard InChI is InChI=1S/C16H15F4N3O5S/c1-15(2)6-14(23-28-15)29(25,26)7-11-8-3-10(9(17)4-12(8)27-22-11)21-13(24)5-16(18,19)20/h3-4H,5-7H2,1-2H3,(H,21,24). The Labute approximate surface area is 161 Å². The monoisotopic (exact) mass is 437 g/mol. The van der Waals surface area contributed by atoms with Crippen LogP contribution in [0, 0.1) is 5.82 Å². The van der Waals surface area contributed by atoms with E-state index in [9.17, 15) is 30.8 Å². The number of carbonyl (C=O) groups is 1. The first-order valence-electron chi connectivity index (χ1n) is 8.18. The second-order valence-corrected chi connectivity index (χ2v) is 9.06. The number of nitrogens with zero attached hydrogens (tertiary/aromatic N) is 2. The maximum absolute atomic E-state index is 14.1. The Balaban J connectivity index is 1.88. The maximum Gasteiger partial charge on any atom is 0.397 e. The average molecular weight is 437 g/mol. The second-order valence-electron chi connectivity index (χ2n) is 7.07. The van der Waals surface area contributed by atoms with Crippen LogP contribution in [-0.4, -0.2) is 36.3 Å². The highest BCUT2D eigenvalue weighted by atomic mass is 32.2. The van der Waals surface area contributed by atoms with Crippen LogP contribution in [-0.2, 0) is 25.2 Å². The zero-order chi connectivity index (χ0) is 21.6. The quantitative estimate of drug-likeness (QED) is 0.735. The first kappa shape index (κ1) is 21.0. The van der Waals surface area contributed by atoms with E-state index >= 15 is 0 Å². The van der Waals surface area contributed by atoms with E-state index in [1.807, 2.05) is 5.32 Å². The van der Waals surface area contributed by atoms with Gasteiger partial charge in [-0.1, -0.05) is 10.3 Å². The minimum Gasteiger partial charge on any atom is -0.389 e. The van der Waals surface area contributed by atoms with E-state index in [4.69, 9.17) is 9.36 Å². The summed E-state index contributed by atoms with van der Waals surface area (Å²) in [5.74, 6) is -3.19. The fourth-order valence-electron chi connectivity index (χ4n) is 2.62. The number of oxime groups is 1. The van der Waals surface area contributed by atoms with Gasteiger partial charge in [-0.3, -0.25) is 4.79 Å². The Kier molecular flexibility index (Phi) is 5.05. The molecule has 2 heterocycles. The largest absolute Gasteiger partial charge is 0.397 e. The number of carbonyl (C=O) groups excluding carboxylic acids is 1. The number of anilines is 1. The molecule has 0 radical (unpaired) electrons. The number of aromatic nitrogens is 1. The van der Waals surface area contributed by atoms with Gasteiger partial charge in [-0.25, -0.2) is 12.8 Å². The highest BCUT2D eigenvalue weighted by Gasteiger charge is 2.37. The lowest BCUT2D eigenvalue weighted by molar-refractivity contribution is -0.150. The number of hydrogen-bond acceptors (Lipinski definition) is 7. The lowest BCUT2D eigenvalue weighted by atomic mass is 10.1. The Morgan fingerprint density at radius 1 is 1.31 bits per heavy atom. The summed E-state index contributed by atoms with van der Waals surface area (Å²) in [4.78, 5) is 16.5. The lowest BCUT2D eigenvalue weighted by Gasteiger charge is -2.13. The molecule has 8 nitrogen and oxygen atoms in total. The Morgan fingerprint density at radius 3 is 2.59 bits per heavy atom. The van der Waals surface area contributed by atoms with Crippen LogP contribution >= 0.6 is 0 Å². The van der Waals surface area contributed by atoms with E-state index in [0.29, 0.717) is 0 Å². The fraction of sp³-hybridized carbons (Fsp3) is 0.438. The van der Waals surface area contributed by atoms with Crippen molar-refractivity contribution in [3.63, 3.8) is 0 Å². The van der Waals surface area contributed by atoms with Crippen LogP contribution in [0.15, 0.2) is 21.8 Å². The van der Waals surface area contributed by atoms with Crippen LogP contribution in [0.1, 0.15) is 32.4 Å². The summed E-state index contributed by atoms with van der Waals surface area (Å²) in [6, 6.07) is 1.76. The van der Waals surface area contributed by atoms with E-state index in [1.165, 1.54) is 0 Å². The molecule has 0 saturated heterocycles. The van der Waals surface area contributed by atoms with E-state index in [2.05, 4.69) is 10.3 Å². The minimum atomic E-state index is -4.76. The van der Waals surface area contributed by atoms with Gasteiger partial charge in [0.15, 0.2) is 16.4 Å². The molecule has 29 heavy (non-hydrogen) atoms. The van der Waals surface area contributed by atoms with Gasteiger partial charge < -0.3 is 14.7 Å². The molecule has 0 atom stereocenters. The molecule has 3 rings (SSSR count). The molecule has 1 N–H and O–H groups in total. The molecule has 1 aromatic heterocycles. The van der Waals surface area contributed by atoms with Gasteiger partial charge in [-0.2, -0.15) is 13.2 Å². The van der Waals surface area contributed by atoms with Gasteiger partial charge in [0.25, 0.3) is 0 Å². The summed E-state index contributed by atoms with van der Waals surface area (Å²) >= 11 is 0. The van der Waals surface area contributed by atoms with Crippen molar-refractivity contribution in [1.29, 1.82) is 0 Å². The van der Waals surface area contributed by atoms with Gasteiger partial charge in [-0.15, -0.1) is 0 Å². The van der Waals surface area contributed by atoms with Gasteiger partial charge >= 0.3 is 6.18 Å². The highest BCUT2D eigenvalue weighted by Crippen LogP contribution is 2.30. The molecule has 158 valence electrons. The molecule has 2 aromatic rings. The molecule has 1 aliphatic heterocycles. The molecule has 1 aromatic carbocycles. The van der Waals surface area contributed by atoms with Gasteiger partial charge in [-0.05, 0) is 19.9 Å². The third kappa shape index (κ3) is 4.83. The molecular weight excluding hydrogens is 422 g/mol. The van der Waals surface area contributed by atoms with Crippen LogP contribution in [0.5, 0.6) is 0 Å². The van der Waals surface area contributed by atoms with E-state index in [0.717, 1.165) is 12.1 Å². The first-order valence-corrected chi connectivity index (χ1v) is 9.83. The van der Waals surface area contributed by atoms with Gasteiger partial charge in [0.05, 0.1) is 5.69 Å². The molecule has 0 spiro atoms. The molecule has 0 fully saturated rings. The van der Waals surface area contributed by atoms with Gasteiger partial charge in [0.2, 0.25) is 15.7 Å². The Bertz CT molecular complexity index is 1110. The molecule has 0 bridgehead atoms. The predicted octanol–water partition coefficient (Wildman–Crippen LogP) is 3.29. The fourth-order valence-corrected chi connectivity index (χ4v) is 4.07. The molecular formula is C16H15F4N3O5S. The SMILES string of the molecule is CC1(C)CC(S(=O)(=O)Cc2noc3cc(F)c(NC(=O)CC(F)(F)F)cc23)=NO1. The number of sulfone groups is 1. The van der Waals surface area contributed by atoms with Crippen molar-refractivity contribution in [3.8, 4) is 0 Å². The smallest absolute Gasteiger partial charge is 0.389 e. The van der Waals surface area contributed by atoms with Crippen LogP contribution in [0.3, 0.4) is 0 Å². The van der Waals surface area contributed by atoms with Crippen molar-refractivity contribution in [2.24, 2.45) is 5.16 Å². The number of hydrogen-bond donors (Lipinski definition) is 1. The minimum absolute atomic E-state index is 0.0241. The number of fused-ring (bicyclic) bond motifs is 1. The Morgan fingerprint density at radius 2 is 2.00 bits per heavy atom. The lowest BCUT2D eigenvalue weighted by Crippen LogP contribution is -2.23. The average Bonchev–Trinajstić information content (AvgIpc) is 3.09. The van der Waals surface area contributed by atoms with E-state index in [-0.39, 0.29) is 28.1 Å². The number of benzene rings is 1. The molecule has 13 heteroatoms. The maximum atomic E-state index is 14.1. The third-order valence-electron chi connectivity index (χ3n) is 3.93. The first-order chi connectivity index (χ1) is 13.3. The van der Waals surface area contributed by atoms with Crippen molar-refractivity contribution < 1.29 is 40.1 Å². The number of amides is 1. The van der Waals surface area contributed by atoms with Crippen molar-refractivity contribution in [3.05, 3.63) is 23.6 Å². The van der Waals surface area contributed by atoms with Crippen molar-refractivity contribution in [1.82, 2.24) is 5.16 Å². The van der Waals surface area contributed by atoms with Crippen molar-refractivity contribution in [2.45, 2.75) is 44.2 Å². The van der Waals surface area contributed by atoms with Crippen LogP contribution in [0.25, 0.3) is 11.0 Å². The van der Waals surface area contributed by atoms with Gasteiger partial charge in [0, 0.05) is 17.9 Å². The highest BCUT2D eigenvalue weighted by molar-refractivity contribution is 8.05. The summed E-state index contributed by atoms with van der Waals surface area (Å²) in [5, 5.41) is 8.81. The molecule has 1 aliphatic rings. The predicted molar refractivity (Wildman–Crippen MR) is 93.1 cm³/mol. The van der Waals surface area contributed by atoms with Crippen LogP contribution in [0.2, 0.25) is 0 Å². The summed E-state index contributed by atoms with van der Waals surface area (Å²) in [6.45, 7) is 3.31. The summed E-state index contributed by atoms with van der Waals surface area (Å²) in [6.07, 6.45) is -6.53. The number of rotatable bonds is 4. The summed E-state index contributed by atoms with van der Waals surface area (Å²) in [5.41, 5.74) is -1.59. The zero-order valence-corrected chi connectivity index (χ0v) is 15.9. The molecule has 0 aliphatic carbocycles.